The second-order valence-corrected chi connectivity index (χ2v) is 11.2. The lowest BCUT2D eigenvalue weighted by Gasteiger charge is -2.57. The fraction of sp³-hybridized carbons (Fsp3) is 0.667. The van der Waals surface area contributed by atoms with Gasteiger partial charge in [0.25, 0.3) is 0 Å². The summed E-state index contributed by atoms with van der Waals surface area (Å²) >= 11 is 1.39. The SMILES string of the molecule is COc1ccc2c3c1OC1C(S[C@@H]4O[C@H](CO)[C@@H](O)[C@H](O)[C@H]4O)C=CC4C(C2)N(C)CCC341. The number of piperidine rings is 1. The van der Waals surface area contributed by atoms with Gasteiger partial charge in [-0.2, -0.15) is 0 Å². The summed E-state index contributed by atoms with van der Waals surface area (Å²) in [5.41, 5.74) is 1.59. The summed E-state index contributed by atoms with van der Waals surface area (Å²) in [5, 5.41) is 40.5. The summed E-state index contributed by atoms with van der Waals surface area (Å²) < 4.78 is 18.2. The zero-order valence-corrected chi connectivity index (χ0v) is 19.5. The van der Waals surface area contributed by atoms with E-state index < -0.39 is 36.5 Å². The molecule has 10 atom stereocenters. The lowest BCUT2D eigenvalue weighted by Crippen LogP contribution is -2.65. The van der Waals surface area contributed by atoms with Crippen molar-refractivity contribution >= 4 is 11.8 Å². The summed E-state index contributed by atoms with van der Waals surface area (Å²) in [4.78, 5) is 2.45. The number of aliphatic hydroxyl groups excluding tert-OH is 4. The third-order valence-electron chi connectivity index (χ3n) is 8.47. The Balaban J connectivity index is 1.39. The summed E-state index contributed by atoms with van der Waals surface area (Å²) in [6, 6.07) is 4.56. The number of likely N-dealkylation sites (tertiary alicyclic amines) is 1. The molecule has 5 aliphatic rings. The number of ether oxygens (including phenoxy) is 3. The van der Waals surface area contributed by atoms with Crippen LogP contribution in [0.2, 0.25) is 0 Å². The first-order valence-electron chi connectivity index (χ1n) is 11.6. The number of benzene rings is 1. The highest BCUT2D eigenvalue weighted by atomic mass is 32.2. The third kappa shape index (κ3) is 2.94. The van der Waals surface area contributed by atoms with Crippen LogP contribution in [0.5, 0.6) is 11.5 Å². The smallest absolute Gasteiger partial charge is 0.165 e. The summed E-state index contributed by atoms with van der Waals surface area (Å²) in [6.07, 6.45) is 1.26. The molecule has 6 rings (SSSR count). The van der Waals surface area contributed by atoms with Gasteiger partial charge in [-0.15, -0.1) is 11.8 Å². The van der Waals surface area contributed by atoms with Gasteiger partial charge in [0.05, 0.1) is 19.0 Å². The van der Waals surface area contributed by atoms with E-state index in [-0.39, 0.29) is 16.8 Å². The Hall–Kier alpha value is -1.33. The van der Waals surface area contributed by atoms with Crippen molar-refractivity contribution in [2.75, 3.05) is 27.3 Å². The van der Waals surface area contributed by atoms with Gasteiger partial charge in [-0.3, -0.25) is 0 Å². The molecule has 1 aromatic rings. The molecule has 2 aliphatic carbocycles. The normalized spacial score (nSPS) is 45.5. The Morgan fingerprint density at radius 2 is 2.00 bits per heavy atom. The Labute approximate surface area is 197 Å². The van der Waals surface area contributed by atoms with Crippen molar-refractivity contribution in [1.29, 1.82) is 0 Å². The predicted molar refractivity (Wildman–Crippen MR) is 122 cm³/mol. The van der Waals surface area contributed by atoms with Gasteiger partial charge in [-0.25, -0.2) is 0 Å². The van der Waals surface area contributed by atoms with E-state index in [2.05, 4.69) is 30.2 Å². The molecular formula is C24H31NO7S. The van der Waals surface area contributed by atoms with E-state index in [0.717, 1.165) is 30.9 Å². The minimum Gasteiger partial charge on any atom is -0.493 e. The molecule has 180 valence electrons. The van der Waals surface area contributed by atoms with Crippen molar-refractivity contribution in [2.24, 2.45) is 5.92 Å². The summed E-state index contributed by atoms with van der Waals surface area (Å²) in [5.74, 6) is 1.88. The van der Waals surface area contributed by atoms with E-state index in [4.69, 9.17) is 14.2 Å². The monoisotopic (exact) mass is 477 g/mol. The molecule has 0 aromatic heterocycles. The van der Waals surface area contributed by atoms with Crippen LogP contribution < -0.4 is 9.47 Å². The van der Waals surface area contributed by atoms with Gasteiger partial charge < -0.3 is 39.5 Å². The molecule has 0 saturated carbocycles. The highest BCUT2D eigenvalue weighted by Gasteiger charge is 2.64. The van der Waals surface area contributed by atoms with E-state index in [0.29, 0.717) is 12.0 Å². The van der Waals surface area contributed by atoms with Crippen LogP contribution in [0.4, 0.5) is 0 Å². The Kier molecular flexibility index (Phi) is 5.27. The molecule has 33 heavy (non-hydrogen) atoms. The van der Waals surface area contributed by atoms with Crippen molar-refractivity contribution in [2.45, 2.75) is 65.5 Å². The van der Waals surface area contributed by atoms with Gasteiger partial charge in [0.1, 0.15) is 36.0 Å². The molecular weight excluding hydrogens is 446 g/mol. The van der Waals surface area contributed by atoms with Gasteiger partial charge in [-0.05, 0) is 38.1 Å². The van der Waals surface area contributed by atoms with Crippen molar-refractivity contribution in [3.8, 4) is 11.5 Å². The zero-order chi connectivity index (χ0) is 23.1. The van der Waals surface area contributed by atoms with Crippen LogP contribution in [0.3, 0.4) is 0 Å². The summed E-state index contributed by atoms with van der Waals surface area (Å²) in [7, 11) is 3.86. The molecule has 1 spiro atoms. The fourth-order valence-electron chi connectivity index (χ4n) is 6.82. The molecule has 5 unspecified atom stereocenters. The maximum Gasteiger partial charge on any atom is 0.165 e. The molecule has 2 bridgehead atoms. The van der Waals surface area contributed by atoms with Crippen LogP contribution in [-0.4, -0.2) is 99.9 Å². The van der Waals surface area contributed by atoms with Crippen molar-refractivity contribution in [1.82, 2.24) is 4.90 Å². The fourth-order valence-corrected chi connectivity index (χ4v) is 8.28. The predicted octanol–water partition coefficient (Wildman–Crippen LogP) is 0.0419. The van der Waals surface area contributed by atoms with Crippen LogP contribution in [-0.2, 0) is 16.6 Å². The minimum atomic E-state index is -1.39. The minimum absolute atomic E-state index is 0.144. The van der Waals surface area contributed by atoms with Gasteiger partial charge in [0.2, 0.25) is 0 Å². The van der Waals surface area contributed by atoms with Crippen LogP contribution in [0, 0.1) is 5.92 Å². The van der Waals surface area contributed by atoms with Crippen LogP contribution in [0.15, 0.2) is 24.3 Å². The first-order chi connectivity index (χ1) is 15.9. The number of rotatable bonds is 4. The van der Waals surface area contributed by atoms with Gasteiger partial charge >= 0.3 is 0 Å². The molecule has 3 heterocycles. The lowest BCUT2D eigenvalue weighted by atomic mass is 9.53. The van der Waals surface area contributed by atoms with E-state index >= 15 is 0 Å². The van der Waals surface area contributed by atoms with E-state index in [1.807, 2.05) is 6.07 Å². The van der Waals surface area contributed by atoms with Crippen LogP contribution in [0.1, 0.15) is 17.5 Å². The van der Waals surface area contributed by atoms with Crippen molar-refractivity contribution < 1.29 is 34.6 Å². The number of likely N-dealkylation sites (N-methyl/N-ethyl adjacent to an activating group) is 1. The van der Waals surface area contributed by atoms with Crippen LogP contribution >= 0.6 is 11.8 Å². The Morgan fingerprint density at radius 1 is 1.18 bits per heavy atom. The second-order valence-electron chi connectivity index (χ2n) is 9.92. The van der Waals surface area contributed by atoms with E-state index in [1.54, 1.807) is 7.11 Å². The quantitative estimate of drug-likeness (QED) is 0.447. The number of hydrogen-bond acceptors (Lipinski definition) is 9. The van der Waals surface area contributed by atoms with Gasteiger partial charge in [-0.1, -0.05) is 18.2 Å². The molecule has 8 nitrogen and oxygen atoms in total. The second kappa shape index (κ2) is 7.84. The lowest BCUT2D eigenvalue weighted by molar-refractivity contribution is -0.205. The summed E-state index contributed by atoms with van der Waals surface area (Å²) in [6.45, 7) is 0.539. The molecule has 2 fully saturated rings. The maximum atomic E-state index is 10.6. The Morgan fingerprint density at radius 3 is 2.76 bits per heavy atom. The molecule has 9 heteroatoms. The molecule has 0 amide bonds. The average Bonchev–Trinajstić information content (AvgIpc) is 3.17. The third-order valence-corrected chi connectivity index (χ3v) is 9.85. The van der Waals surface area contributed by atoms with Crippen molar-refractivity contribution in [3.63, 3.8) is 0 Å². The zero-order valence-electron chi connectivity index (χ0n) is 18.7. The van der Waals surface area contributed by atoms with E-state index in [9.17, 15) is 20.4 Å². The molecule has 1 aromatic carbocycles. The average molecular weight is 478 g/mol. The van der Waals surface area contributed by atoms with Crippen LogP contribution in [0.25, 0.3) is 0 Å². The number of methoxy groups -OCH3 is 1. The van der Waals surface area contributed by atoms with Crippen molar-refractivity contribution in [3.05, 3.63) is 35.4 Å². The number of aliphatic hydroxyl groups is 4. The number of hydrogen-bond donors (Lipinski definition) is 4. The molecule has 4 N–H and O–H groups in total. The first-order valence-corrected chi connectivity index (χ1v) is 12.6. The highest BCUT2D eigenvalue weighted by Crippen LogP contribution is 2.63. The Bertz CT molecular complexity index is 972. The number of nitrogens with zero attached hydrogens (tertiary/aromatic N) is 1. The number of thioether (sulfide) groups is 1. The molecule has 2 saturated heterocycles. The highest BCUT2D eigenvalue weighted by molar-refractivity contribution is 8.00. The van der Waals surface area contributed by atoms with E-state index in [1.165, 1.54) is 22.9 Å². The van der Waals surface area contributed by atoms with Gasteiger partial charge in [0.15, 0.2) is 11.5 Å². The van der Waals surface area contributed by atoms with Gasteiger partial charge in [0, 0.05) is 22.9 Å². The largest absolute Gasteiger partial charge is 0.493 e. The molecule has 0 radical (unpaired) electrons. The maximum absolute atomic E-state index is 10.6. The standard InChI is InChI=1S/C24H31NO7S/c1-25-8-7-24-12-4-6-16(33-23-20(29)19(28)18(27)15(10-26)31-23)22(24)32-21-14(30-2)5-3-11(17(21)24)9-13(12)25/h3-6,12-13,15-16,18-20,22-23,26-29H,7-10H2,1-2H3/t12?,13?,15-,16?,18-,19+,20-,22?,23+,24?/m1/s1. The first kappa shape index (κ1) is 22.2. The topological polar surface area (TPSA) is 112 Å². The molecule has 3 aliphatic heterocycles.